The number of rotatable bonds is 4. The fraction of sp³-hybridized carbons (Fsp3) is 0.364. The fourth-order valence-electron chi connectivity index (χ4n) is 1.65. The quantitative estimate of drug-likeness (QED) is 0.739. The summed E-state index contributed by atoms with van der Waals surface area (Å²) >= 11 is 0. The predicted molar refractivity (Wildman–Crippen MR) is 62.9 cm³/mol. The third-order valence-electron chi connectivity index (χ3n) is 2.43. The topological polar surface area (TPSA) is 55.9 Å². The lowest BCUT2D eigenvalue weighted by Crippen LogP contribution is -2.09. The van der Waals surface area contributed by atoms with E-state index in [1.54, 1.807) is 0 Å². The van der Waals surface area contributed by atoms with E-state index in [0.29, 0.717) is 6.54 Å². The summed E-state index contributed by atoms with van der Waals surface area (Å²) in [5.74, 6) is 0.946. The van der Waals surface area contributed by atoms with Gasteiger partial charge in [0.1, 0.15) is 0 Å². The smallest absolute Gasteiger partial charge is 0.155 e. The average molecular weight is 204 g/mol. The molecule has 0 aliphatic carbocycles. The van der Waals surface area contributed by atoms with Crippen LogP contribution in [0.15, 0.2) is 24.3 Å². The van der Waals surface area contributed by atoms with Gasteiger partial charge < -0.3 is 11.1 Å². The van der Waals surface area contributed by atoms with E-state index in [4.69, 9.17) is 5.73 Å². The average Bonchev–Trinajstić information content (AvgIpc) is 2.58. The molecule has 4 nitrogen and oxygen atoms in total. The minimum absolute atomic E-state index is 0.706. The number of nitrogens with two attached hydrogens (primary N) is 1. The number of fused-ring (bicyclic) bond motifs is 1. The van der Waals surface area contributed by atoms with Crippen LogP contribution in [0.3, 0.4) is 0 Å². The Morgan fingerprint density at radius 1 is 1.40 bits per heavy atom. The van der Waals surface area contributed by atoms with Gasteiger partial charge >= 0.3 is 0 Å². The standard InChI is InChI=1S/C11H16N4/c1-15-10-6-3-2-5-9(10)11(14-15)13-8-4-7-12/h2-3,5-6H,4,7-8,12H2,1H3,(H,13,14). The molecule has 0 radical (unpaired) electrons. The van der Waals surface area contributed by atoms with Gasteiger partial charge in [0.2, 0.25) is 0 Å². The second-order valence-corrected chi connectivity index (χ2v) is 3.56. The second-order valence-electron chi connectivity index (χ2n) is 3.56. The maximum absolute atomic E-state index is 5.44. The highest BCUT2D eigenvalue weighted by Crippen LogP contribution is 2.21. The molecule has 0 atom stereocenters. The van der Waals surface area contributed by atoms with Gasteiger partial charge in [0, 0.05) is 19.0 Å². The second kappa shape index (κ2) is 4.31. The number of nitrogens with one attached hydrogen (secondary N) is 1. The van der Waals surface area contributed by atoms with Gasteiger partial charge in [0.15, 0.2) is 5.82 Å². The molecule has 80 valence electrons. The first kappa shape index (κ1) is 9.98. The van der Waals surface area contributed by atoms with Crippen LogP contribution in [0.25, 0.3) is 10.9 Å². The lowest BCUT2D eigenvalue weighted by molar-refractivity contribution is 0.791. The van der Waals surface area contributed by atoms with Crippen LogP contribution < -0.4 is 11.1 Å². The highest BCUT2D eigenvalue weighted by Gasteiger charge is 2.05. The van der Waals surface area contributed by atoms with Crippen LogP contribution >= 0.6 is 0 Å². The number of para-hydroxylation sites is 1. The van der Waals surface area contributed by atoms with E-state index in [1.165, 1.54) is 0 Å². The number of benzene rings is 1. The molecule has 0 saturated heterocycles. The van der Waals surface area contributed by atoms with Crippen LogP contribution in [-0.4, -0.2) is 22.9 Å². The molecule has 15 heavy (non-hydrogen) atoms. The number of nitrogens with zero attached hydrogens (tertiary/aromatic N) is 2. The van der Waals surface area contributed by atoms with Crippen molar-refractivity contribution < 1.29 is 0 Å². The lowest BCUT2D eigenvalue weighted by Gasteiger charge is -2.00. The van der Waals surface area contributed by atoms with E-state index < -0.39 is 0 Å². The van der Waals surface area contributed by atoms with Crippen molar-refractivity contribution in [2.45, 2.75) is 6.42 Å². The van der Waals surface area contributed by atoms with Gasteiger partial charge in [-0.15, -0.1) is 0 Å². The summed E-state index contributed by atoms with van der Waals surface area (Å²) in [5.41, 5.74) is 6.59. The number of hydrogen-bond donors (Lipinski definition) is 2. The molecule has 1 heterocycles. The van der Waals surface area contributed by atoms with Crippen molar-refractivity contribution >= 4 is 16.7 Å². The van der Waals surface area contributed by atoms with Crippen LogP contribution in [0.5, 0.6) is 0 Å². The molecule has 1 aromatic carbocycles. The zero-order valence-corrected chi connectivity index (χ0v) is 8.90. The summed E-state index contributed by atoms with van der Waals surface area (Å²) in [6.45, 7) is 1.58. The highest BCUT2D eigenvalue weighted by molar-refractivity contribution is 5.90. The van der Waals surface area contributed by atoms with Crippen LogP contribution in [-0.2, 0) is 7.05 Å². The van der Waals surface area contributed by atoms with Crippen LogP contribution in [0, 0.1) is 0 Å². The van der Waals surface area contributed by atoms with E-state index in [0.717, 1.165) is 29.7 Å². The first-order valence-corrected chi connectivity index (χ1v) is 5.18. The van der Waals surface area contributed by atoms with Gasteiger partial charge in [0.05, 0.1) is 5.52 Å². The molecule has 0 unspecified atom stereocenters. The zero-order chi connectivity index (χ0) is 10.7. The molecule has 0 amide bonds. The Hall–Kier alpha value is -1.55. The van der Waals surface area contributed by atoms with Crippen molar-refractivity contribution in [3.8, 4) is 0 Å². The first-order chi connectivity index (χ1) is 7.33. The van der Waals surface area contributed by atoms with Crippen molar-refractivity contribution in [1.29, 1.82) is 0 Å². The molecule has 2 rings (SSSR count). The van der Waals surface area contributed by atoms with Gasteiger partial charge in [-0.05, 0) is 25.1 Å². The van der Waals surface area contributed by atoms with Crippen molar-refractivity contribution in [2.24, 2.45) is 12.8 Å². The van der Waals surface area contributed by atoms with Gasteiger partial charge in [-0.2, -0.15) is 5.10 Å². The number of aromatic nitrogens is 2. The van der Waals surface area contributed by atoms with E-state index in [1.807, 2.05) is 23.9 Å². The normalized spacial score (nSPS) is 10.8. The monoisotopic (exact) mass is 204 g/mol. The molecule has 0 aliphatic rings. The van der Waals surface area contributed by atoms with E-state index >= 15 is 0 Å². The Bertz CT molecular complexity index is 447. The highest BCUT2D eigenvalue weighted by atomic mass is 15.3. The molecule has 0 saturated carbocycles. The predicted octanol–water partition coefficient (Wildman–Crippen LogP) is 1.33. The van der Waals surface area contributed by atoms with Crippen molar-refractivity contribution in [3.63, 3.8) is 0 Å². The third-order valence-corrected chi connectivity index (χ3v) is 2.43. The molecule has 3 N–H and O–H groups in total. The lowest BCUT2D eigenvalue weighted by atomic mass is 10.2. The Kier molecular flexibility index (Phi) is 2.87. The van der Waals surface area contributed by atoms with E-state index in [9.17, 15) is 0 Å². The summed E-state index contributed by atoms with van der Waals surface area (Å²) in [6.07, 6.45) is 0.963. The van der Waals surface area contributed by atoms with E-state index in [2.05, 4.69) is 22.5 Å². The summed E-state index contributed by atoms with van der Waals surface area (Å²) in [4.78, 5) is 0. The van der Waals surface area contributed by atoms with E-state index in [-0.39, 0.29) is 0 Å². The Morgan fingerprint density at radius 3 is 3.00 bits per heavy atom. The summed E-state index contributed by atoms with van der Waals surface area (Å²) in [7, 11) is 1.95. The van der Waals surface area contributed by atoms with Crippen LogP contribution in [0.2, 0.25) is 0 Å². The molecular weight excluding hydrogens is 188 g/mol. The number of anilines is 1. The molecule has 2 aromatic rings. The van der Waals surface area contributed by atoms with Gasteiger partial charge in [-0.3, -0.25) is 4.68 Å². The number of hydrogen-bond acceptors (Lipinski definition) is 3. The maximum atomic E-state index is 5.44. The molecule has 0 aliphatic heterocycles. The fourth-order valence-corrected chi connectivity index (χ4v) is 1.65. The van der Waals surface area contributed by atoms with Crippen LogP contribution in [0.1, 0.15) is 6.42 Å². The Balaban J connectivity index is 2.27. The van der Waals surface area contributed by atoms with Gasteiger partial charge in [-0.1, -0.05) is 12.1 Å². The zero-order valence-electron chi connectivity index (χ0n) is 8.90. The van der Waals surface area contributed by atoms with Crippen molar-refractivity contribution in [2.75, 3.05) is 18.4 Å². The molecular formula is C11H16N4. The van der Waals surface area contributed by atoms with Crippen molar-refractivity contribution in [1.82, 2.24) is 9.78 Å². The third kappa shape index (κ3) is 1.94. The Labute approximate surface area is 89.1 Å². The van der Waals surface area contributed by atoms with Gasteiger partial charge in [0.25, 0.3) is 0 Å². The molecule has 0 fully saturated rings. The largest absolute Gasteiger partial charge is 0.368 e. The van der Waals surface area contributed by atoms with Crippen molar-refractivity contribution in [3.05, 3.63) is 24.3 Å². The molecule has 4 heteroatoms. The summed E-state index contributed by atoms with van der Waals surface area (Å²) < 4.78 is 1.89. The molecule has 1 aromatic heterocycles. The first-order valence-electron chi connectivity index (χ1n) is 5.18. The molecule has 0 bridgehead atoms. The SMILES string of the molecule is Cn1nc(NCCCN)c2ccccc21. The molecule has 0 spiro atoms. The maximum Gasteiger partial charge on any atom is 0.155 e. The summed E-state index contributed by atoms with van der Waals surface area (Å²) in [5, 5.41) is 8.89. The Morgan fingerprint density at radius 2 is 2.20 bits per heavy atom. The summed E-state index contributed by atoms with van der Waals surface area (Å²) in [6, 6.07) is 8.19. The van der Waals surface area contributed by atoms with Gasteiger partial charge in [-0.25, -0.2) is 0 Å². The minimum atomic E-state index is 0.706. The van der Waals surface area contributed by atoms with Crippen LogP contribution in [0.4, 0.5) is 5.82 Å². The minimum Gasteiger partial charge on any atom is -0.368 e. The number of aryl methyl sites for hydroxylation is 1.